The Morgan fingerprint density at radius 1 is 1.17 bits per heavy atom. The molecule has 1 aromatic carbocycles. The van der Waals surface area contributed by atoms with Crippen molar-refractivity contribution in [3.63, 3.8) is 0 Å². The number of unbranched alkanes of at least 4 members (excludes halogenated alkanes) is 4. The maximum Gasteiger partial charge on any atom is 0.335 e. The third-order valence-corrected chi connectivity index (χ3v) is 2.55. The summed E-state index contributed by atoms with van der Waals surface area (Å²) in [5.41, 5.74) is 0.263. The number of hydrogen-bond acceptors (Lipinski definition) is 3. The van der Waals surface area contributed by atoms with Crippen molar-refractivity contribution in [3.8, 4) is 11.8 Å². The summed E-state index contributed by atoms with van der Waals surface area (Å²) < 4.78 is 5.49. The fraction of sp³-hybridized carbons (Fsp3) is 0.429. The third-order valence-electron chi connectivity index (χ3n) is 2.55. The largest absolute Gasteiger partial charge is 0.494 e. The van der Waals surface area contributed by atoms with E-state index in [1.807, 2.05) is 0 Å². The summed E-state index contributed by atoms with van der Waals surface area (Å²) in [6.45, 7) is 0.624. The molecule has 0 saturated carbocycles. The van der Waals surface area contributed by atoms with Crippen LogP contribution < -0.4 is 4.74 Å². The third kappa shape index (κ3) is 5.35. The van der Waals surface area contributed by atoms with Gasteiger partial charge in [-0.25, -0.2) is 4.79 Å². The van der Waals surface area contributed by atoms with E-state index in [9.17, 15) is 4.79 Å². The Balaban J connectivity index is 2.16. The Bertz CT molecular complexity index is 406. The molecule has 0 spiro atoms. The first-order valence-corrected chi connectivity index (χ1v) is 6.07. The zero-order valence-corrected chi connectivity index (χ0v) is 10.3. The summed E-state index contributed by atoms with van der Waals surface area (Å²) in [4.78, 5) is 10.6. The van der Waals surface area contributed by atoms with Gasteiger partial charge in [0.2, 0.25) is 0 Å². The molecule has 0 atom stereocenters. The molecule has 0 heterocycles. The van der Waals surface area contributed by atoms with E-state index in [1.165, 1.54) is 12.1 Å². The Kier molecular flexibility index (Phi) is 6.34. The van der Waals surface area contributed by atoms with Crippen LogP contribution in [0.25, 0.3) is 0 Å². The van der Waals surface area contributed by atoms with E-state index in [-0.39, 0.29) is 5.56 Å². The number of aromatic carboxylic acids is 1. The van der Waals surface area contributed by atoms with Gasteiger partial charge in [-0.05, 0) is 37.1 Å². The van der Waals surface area contributed by atoms with Crippen molar-refractivity contribution in [2.24, 2.45) is 0 Å². The highest BCUT2D eigenvalue weighted by molar-refractivity contribution is 5.87. The van der Waals surface area contributed by atoms with E-state index < -0.39 is 5.97 Å². The summed E-state index contributed by atoms with van der Waals surface area (Å²) in [5, 5.41) is 17.1. The van der Waals surface area contributed by atoms with Crippen molar-refractivity contribution < 1.29 is 14.6 Å². The van der Waals surface area contributed by atoms with E-state index in [1.54, 1.807) is 12.1 Å². The lowest BCUT2D eigenvalue weighted by atomic mass is 10.1. The Labute approximate surface area is 107 Å². The first-order valence-electron chi connectivity index (χ1n) is 6.07. The SMILES string of the molecule is N#CCCCCCCOc1ccc(C(=O)O)cc1. The van der Waals surface area contributed by atoms with Crippen molar-refractivity contribution in [1.29, 1.82) is 5.26 Å². The minimum Gasteiger partial charge on any atom is -0.494 e. The van der Waals surface area contributed by atoms with Gasteiger partial charge in [0.25, 0.3) is 0 Å². The first-order chi connectivity index (χ1) is 8.74. The molecule has 1 rings (SSSR count). The molecule has 0 fully saturated rings. The lowest BCUT2D eigenvalue weighted by Gasteiger charge is -2.05. The van der Waals surface area contributed by atoms with Crippen LogP contribution in [0.2, 0.25) is 0 Å². The van der Waals surface area contributed by atoms with Gasteiger partial charge in [0.15, 0.2) is 0 Å². The van der Waals surface area contributed by atoms with Gasteiger partial charge in [0, 0.05) is 6.42 Å². The molecule has 18 heavy (non-hydrogen) atoms. The van der Waals surface area contributed by atoms with Gasteiger partial charge in [0.1, 0.15) is 5.75 Å². The Morgan fingerprint density at radius 2 is 1.83 bits per heavy atom. The normalized spacial score (nSPS) is 9.72. The molecule has 0 unspecified atom stereocenters. The minimum absolute atomic E-state index is 0.263. The highest BCUT2D eigenvalue weighted by Crippen LogP contribution is 2.13. The van der Waals surface area contributed by atoms with Crippen molar-refractivity contribution in [2.45, 2.75) is 32.1 Å². The zero-order valence-electron chi connectivity index (χ0n) is 10.3. The standard InChI is InChI=1S/C14H17NO3/c15-10-4-2-1-3-5-11-18-13-8-6-12(7-9-13)14(16)17/h6-9H,1-5,11H2,(H,16,17). The van der Waals surface area contributed by atoms with Crippen LogP contribution >= 0.6 is 0 Å². The summed E-state index contributed by atoms with van der Waals surface area (Å²) in [7, 11) is 0. The predicted octanol–water partition coefficient (Wildman–Crippen LogP) is 3.24. The first kappa shape index (κ1) is 14.0. The molecule has 0 bridgehead atoms. The number of benzene rings is 1. The molecule has 0 aromatic heterocycles. The molecular formula is C14H17NO3. The van der Waals surface area contributed by atoms with Gasteiger partial charge in [-0.15, -0.1) is 0 Å². The zero-order chi connectivity index (χ0) is 13.2. The molecule has 0 aliphatic rings. The van der Waals surface area contributed by atoms with Crippen LogP contribution in [0.15, 0.2) is 24.3 Å². The number of ether oxygens (including phenoxy) is 1. The molecule has 0 saturated heterocycles. The average molecular weight is 247 g/mol. The second-order valence-corrected chi connectivity index (χ2v) is 4.00. The van der Waals surface area contributed by atoms with Crippen molar-refractivity contribution in [3.05, 3.63) is 29.8 Å². The fourth-order valence-electron chi connectivity index (χ4n) is 1.54. The lowest BCUT2D eigenvalue weighted by molar-refractivity contribution is 0.0697. The Hall–Kier alpha value is -2.02. The van der Waals surface area contributed by atoms with Gasteiger partial charge in [-0.1, -0.05) is 12.8 Å². The summed E-state index contributed by atoms with van der Waals surface area (Å²) in [5.74, 6) is -0.240. The highest BCUT2D eigenvalue weighted by atomic mass is 16.5. The minimum atomic E-state index is -0.931. The number of nitrogens with zero attached hydrogens (tertiary/aromatic N) is 1. The molecule has 1 aromatic rings. The predicted molar refractivity (Wildman–Crippen MR) is 67.6 cm³/mol. The quantitative estimate of drug-likeness (QED) is 0.716. The molecule has 0 amide bonds. The summed E-state index contributed by atoms with van der Waals surface area (Å²) >= 11 is 0. The second kappa shape index (κ2) is 8.13. The molecule has 0 aliphatic heterocycles. The van der Waals surface area contributed by atoms with Crippen LogP contribution in [0.3, 0.4) is 0 Å². The van der Waals surface area contributed by atoms with Crippen LogP contribution in [0, 0.1) is 11.3 Å². The summed E-state index contributed by atoms with van der Waals surface area (Å²) in [6, 6.07) is 8.52. The number of carbonyl (C=O) groups is 1. The van der Waals surface area contributed by atoms with Crippen molar-refractivity contribution >= 4 is 5.97 Å². The number of carboxylic acids is 1. The van der Waals surface area contributed by atoms with Gasteiger partial charge in [0.05, 0.1) is 18.2 Å². The maximum atomic E-state index is 10.6. The molecule has 0 aliphatic carbocycles. The van der Waals surface area contributed by atoms with Crippen LogP contribution in [-0.2, 0) is 0 Å². The number of hydrogen-bond donors (Lipinski definition) is 1. The van der Waals surface area contributed by atoms with E-state index in [2.05, 4.69) is 6.07 Å². The van der Waals surface area contributed by atoms with E-state index in [0.29, 0.717) is 18.8 Å². The van der Waals surface area contributed by atoms with E-state index in [0.717, 1.165) is 25.7 Å². The van der Waals surface area contributed by atoms with Crippen LogP contribution in [0.4, 0.5) is 0 Å². The number of nitriles is 1. The van der Waals surface area contributed by atoms with Gasteiger partial charge in [-0.3, -0.25) is 0 Å². The average Bonchev–Trinajstić information content (AvgIpc) is 2.38. The monoisotopic (exact) mass is 247 g/mol. The molecule has 4 heteroatoms. The van der Waals surface area contributed by atoms with Crippen molar-refractivity contribution in [2.75, 3.05) is 6.61 Å². The molecule has 0 radical (unpaired) electrons. The highest BCUT2D eigenvalue weighted by Gasteiger charge is 2.01. The van der Waals surface area contributed by atoms with Crippen LogP contribution in [-0.4, -0.2) is 17.7 Å². The van der Waals surface area contributed by atoms with E-state index in [4.69, 9.17) is 15.1 Å². The van der Waals surface area contributed by atoms with Gasteiger partial charge in [-0.2, -0.15) is 5.26 Å². The molecule has 96 valence electrons. The number of carboxylic acid groups (broad SMARTS) is 1. The molecule has 1 N–H and O–H groups in total. The Morgan fingerprint density at radius 3 is 2.44 bits per heavy atom. The maximum absolute atomic E-state index is 10.6. The van der Waals surface area contributed by atoms with Gasteiger partial charge >= 0.3 is 5.97 Å². The smallest absolute Gasteiger partial charge is 0.335 e. The van der Waals surface area contributed by atoms with Gasteiger partial charge < -0.3 is 9.84 Å². The number of rotatable bonds is 8. The summed E-state index contributed by atoms with van der Waals surface area (Å²) in [6.07, 6.45) is 4.62. The van der Waals surface area contributed by atoms with Crippen LogP contribution in [0.5, 0.6) is 5.75 Å². The molecule has 4 nitrogen and oxygen atoms in total. The second-order valence-electron chi connectivity index (χ2n) is 4.00. The topological polar surface area (TPSA) is 70.3 Å². The van der Waals surface area contributed by atoms with Crippen LogP contribution in [0.1, 0.15) is 42.5 Å². The molecular weight excluding hydrogens is 230 g/mol. The van der Waals surface area contributed by atoms with E-state index >= 15 is 0 Å². The van der Waals surface area contributed by atoms with Crippen molar-refractivity contribution in [1.82, 2.24) is 0 Å². The fourth-order valence-corrected chi connectivity index (χ4v) is 1.54. The lowest BCUT2D eigenvalue weighted by Crippen LogP contribution is -1.99.